The standard InChI is InChI=1S/C12H7Cl2FN2O/c13-8-2-1-3-9(15)11(8)12(18)17-7-4-5-16-10(14)6-7/h1-6H,(H,16,17,18). The molecule has 0 saturated heterocycles. The van der Waals surface area contributed by atoms with Crippen LogP contribution < -0.4 is 5.32 Å². The van der Waals surface area contributed by atoms with Crippen LogP contribution in [-0.4, -0.2) is 10.9 Å². The minimum atomic E-state index is -0.680. The maximum Gasteiger partial charge on any atom is 0.260 e. The summed E-state index contributed by atoms with van der Waals surface area (Å²) in [5.41, 5.74) is 0.214. The predicted molar refractivity (Wildman–Crippen MR) is 68.6 cm³/mol. The van der Waals surface area contributed by atoms with Gasteiger partial charge in [-0.2, -0.15) is 0 Å². The molecular formula is C12H7Cl2FN2O. The highest BCUT2D eigenvalue weighted by Gasteiger charge is 2.15. The molecule has 2 rings (SSSR count). The first-order chi connectivity index (χ1) is 8.58. The van der Waals surface area contributed by atoms with Crippen molar-refractivity contribution in [2.45, 2.75) is 0 Å². The predicted octanol–water partition coefficient (Wildman–Crippen LogP) is 3.78. The van der Waals surface area contributed by atoms with E-state index in [2.05, 4.69) is 10.3 Å². The van der Waals surface area contributed by atoms with Crippen LogP contribution in [0.1, 0.15) is 10.4 Å². The number of carbonyl (C=O) groups excluding carboxylic acids is 1. The Kier molecular flexibility index (Phi) is 3.79. The third kappa shape index (κ3) is 2.78. The zero-order valence-electron chi connectivity index (χ0n) is 8.95. The van der Waals surface area contributed by atoms with Gasteiger partial charge in [-0.05, 0) is 24.3 Å². The van der Waals surface area contributed by atoms with Gasteiger partial charge in [0.25, 0.3) is 5.91 Å². The van der Waals surface area contributed by atoms with Gasteiger partial charge in [-0.3, -0.25) is 4.79 Å². The third-order valence-corrected chi connectivity index (χ3v) is 2.70. The number of nitrogens with zero attached hydrogens (tertiary/aromatic N) is 1. The number of nitrogens with one attached hydrogen (secondary N) is 1. The number of rotatable bonds is 2. The Balaban J connectivity index is 2.28. The first kappa shape index (κ1) is 12.8. The smallest absolute Gasteiger partial charge is 0.260 e. The Labute approximate surface area is 113 Å². The lowest BCUT2D eigenvalue weighted by molar-refractivity contribution is 0.102. The number of amides is 1. The SMILES string of the molecule is O=C(Nc1ccnc(Cl)c1)c1c(F)cccc1Cl. The quantitative estimate of drug-likeness (QED) is 0.853. The van der Waals surface area contributed by atoms with E-state index < -0.39 is 11.7 Å². The van der Waals surface area contributed by atoms with E-state index in [0.717, 1.165) is 0 Å². The summed E-state index contributed by atoms with van der Waals surface area (Å²) >= 11 is 11.5. The molecule has 0 aliphatic rings. The molecule has 1 N–H and O–H groups in total. The van der Waals surface area contributed by atoms with Gasteiger partial charge in [0.15, 0.2) is 0 Å². The lowest BCUT2D eigenvalue weighted by Crippen LogP contribution is -2.14. The highest BCUT2D eigenvalue weighted by Crippen LogP contribution is 2.21. The normalized spacial score (nSPS) is 10.2. The first-order valence-electron chi connectivity index (χ1n) is 4.95. The molecule has 0 bridgehead atoms. The van der Waals surface area contributed by atoms with Gasteiger partial charge in [0.1, 0.15) is 11.0 Å². The number of benzene rings is 1. The largest absolute Gasteiger partial charge is 0.322 e. The van der Waals surface area contributed by atoms with Gasteiger partial charge in [-0.15, -0.1) is 0 Å². The van der Waals surface area contributed by atoms with Crippen molar-refractivity contribution in [3.8, 4) is 0 Å². The molecule has 0 atom stereocenters. The molecule has 0 aliphatic heterocycles. The Morgan fingerprint density at radius 1 is 1.28 bits per heavy atom. The molecule has 2 aromatic rings. The molecule has 0 unspecified atom stereocenters. The Morgan fingerprint density at radius 3 is 2.72 bits per heavy atom. The van der Waals surface area contributed by atoms with Crippen molar-refractivity contribution < 1.29 is 9.18 Å². The molecule has 0 fully saturated rings. The third-order valence-electron chi connectivity index (χ3n) is 2.17. The van der Waals surface area contributed by atoms with E-state index in [1.54, 1.807) is 6.07 Å². The van der Waals surface area contributed by atoms with Crippen LogP contribution >= 0.6 is 23.2 Å². The molecule has 1 aromatic carbocycles. The lowest BCUT2D eigenvalue weighted by Gasteiger charge is -2.07. The summed E-state index contributed by atoms with van der Waals surface area (Å²) in [5, 5.41) is 2.77. The summed E-state index contributed by atoms with van der Waals surface area (Å²) in [6, 6.07) is 7.03. The van der Waals surface area contributed by atoms with Crippen molar-refractivity contribution in [3.63, 3.8) is 0 Å². The van der Waals surface area contributed by atoms with Crippen LogP contribution in [0.4, 0.5) is 10.1 Å². The van der Waals surface area contributed by atoms with Crippen LogP contribution in [0.2, 0.25) is 10.2 Å². The van der Waals surface area contributed by atoms with E-state index in [0.29, 0.717) is 5.69 Å². The van der Waals surface area contributed by atoms with Gasteiger partial charge in [-0.1, -0.05) is 29.3 Å². The van der Waals surface area contributed by atoms with Crippen LogP contribution in [0.25, 0.3) is 0 Å². The van der Waals surface area contributed by atoms with Crippen molar-refractivity contribution in [2.75, 3.05) is 5.32 Å². The molecule has 1 aromatic heterocycles. The number of halogens is 3. The van der Waals surface area contributed by atoms with Gasteiger partial charge in [0, 0.05) is 11.9 Å². The van der Waals surface area contributed by atoms with E-state index in [1.165, 1.54) is 30.5 Å². The summed E-state index contributed by atoms with van der Waals surface area (Å²) in [6.45, 7) is 0. The van der Waals surface area contributed by atoms with E-state index >= 15 is 0 Å². The van der Waals surface area contributed by atoms with Crippen molar-refractivity contribution in [2.24, 2.45) is 0 Å². The Morgan fingerprint density at radius 2 is 2.06 bits per heavy atom. The summed E-state index contributed by atoms with van der Waals surface area (Å²) < 4.78 is 13.5. The summed E-state index contributed by atoms with van der Waals surface area (Å²) in [4.78, 5) is 15.6. The number of pyridine rings is 1. The Bertz CT molecular complexity index is 584. The molecule has 0 saturated carbocycles. The number of anilines is 1. The molecule has 0 aliphatic carbocycles. The van der Waals surface area contributed by atoms with Crippen molar-refractivity contribution in [1.29, 1.82) is 0 Å². The second kappa shape index (κ2) is 5.33. The fourth-order valence-corrected chi connectivity index (χ4v) is 1.81. The van der Waals surface area contributed by atoms with Crippen LogP contribution in [0.5, 0.6) is 0 Å². The van der Waals surface area contributed by atoms with Crippen LogP contribution in [0.3, 0.4) is 0 Å². The average Bonchev–Trinajstić information content (AvgIpc) is 2.28. The second-order valence-electron chi connectivity index (χ2n) is 3.42. The van der Waals surface area contributed by atoms with Crippen LogP contribution in [-0.2, 0) is 0 Å². The molecule has 18 heavy (non-hydrogen) atoms. The maximum atomic E-state index is 13.5. The van der Waals surface area contributed by atoms with Crippen molar-refractivity contribution >= 4 is 34.8 Å². The van der Waals surface area contributed by atoms with E-state index in [-0.39, 0.29) is 15.7 Å². The molecule has 92 valence electrons. The van der Waals surface area contributed by atoms with Gasteiger partial charge in [0.05, 0.1) is 10.6 Å². The molecule has 0 radical (unpaired) electrons. The second-order valence-corrected chi connectivity index (χ2v) is 4.21. The fourth-order valence-electron chi connectivity index (χ4n) is 1.39. The molecule has 6 heteroatoms. The van der Waals surface area contributed by atoms with E-state index in [1.807, 2.05) is 0 Å². The highest BCUT2D eigenvalue weighted by molar-refractivity contribution is 6.34. The van der Waals surface area contributed by atoms with E-state index in [4.69, 9.17) is 23.2 Å². The first-order valence-corrected chi connectivity index (χ1v) is 5.70. The van der Waals surface area contributed by atoms with Crippen LogP contribution in [0, 0.1) is 5.82 Å². The van der Waals surface area contributed by atoms with Gasteiger partial charge in [-0.25, -0.2) is 9.37 Å². The minimum Gasteiger partial charge on any atom is -0.322 e. The van der Waals surface area contributed by atoms with Crippen molar-refractivity contribution in [1.82, 2.24) is 4.98 Å². The summed E-state index contributed by atoms with van der Waals surface area (Å²) in [6.07, 6.45) is 1.43. The monoisotopic (exact) mass is 284 g/mol. The van der Waals surface area contributed by atoms with Crippen molar-refractivity contribution in [3.05, 3.63) is 58.1 Å². The molecule has 0 spiro atoms. The summed E-state index contributed by atoms with van der Waals surface area (Å²) in [5.74, 6) is -1.32. The average molecular weight is 285 g/mol. The zero-order valence-corrected chi connectivity index (χ0v) is 10.5. The molecule has 1 heterocycles. The number of aromatic nitrogens is 1. The van der Waals surface area contributed by atoms with Gasteiger partial charge >= 0.3 is 0 Å². The molecule has 1 amide bonds. The fraction of sp³-hybridized carbons (Fsp3) is 0. The molecular weight excluding hydrogens is 278 g/mol. The zero-order chi connectivity index (χ0) is 13.1. The number of hydrogen-bond donors (Lipinski definition) is 1. The topological polar surface area (TPSA) is 42.0 Å². The Hall–Kier alpha value is -1.65. The maximum absolute atomic E-state index is 13.5. The molecule has 3 nitrogen and oxygen atoms in total. The van der Waals surface area contributed by atoms with Gasteiger partial charge < -0.3 is 5.32 Å². The van der Waals surface area contributed by atoms with Crippen LogP contribution in [0.15, 0.2) is 36.5 Å². The minimum absolute atomic E-state index is 0.0488. The lowest BCUT2D eigenvalue weighted by atomic mass is 10.2. The highest BCUT2D eigenvalue weighted by atomic mass is 35.5. The number of carbonyl (C=O) groups is 1. The number of hydrogen-bond acceptors (Lipinski definition) is 2. The summed E-state index contributed by atoms with van der Waals surface area (Å²) in [7, 11) is 0. The van der Waals surface area contributed by atoms with Gasteiger partial charge in [0.2, 0.25) is 0 Å². The van der Waals surface area contributed by atoms with E-state index in [9.17, 15) is 9.18 Å².